The van der Waals surface area contributed by atoms with E-state index in [0.29, 0.717) is 6.42 Å². The van der Waals surface area contributed by atoms with Crippen molar-refractivity contribution in [1.29, 1.82) is 0 Å². The Morgan fingerprint density at radius 2 is 2.06 bits per heavy atom. The number of nitrogens with one attached hydrogen (secondary N) is 1. The Hall–Kier alpha value is -1.67. The Balaban J connectivity index is 3.21. The molecule has 0 spiro atoms. The summed E-state index contributed by atoms with van der Waals surface area (Å²) in [5, 5.41) is 36.5. The summed E-state index contributed by atoms with van der Waals surface area (Å²) in [6.07, 6.45) is 0.418. The lowest BCUT2D eigenvalue weighted by Crippen LogP contribution is -2.45. The number of aryl methyl sites for hydroxylation is 2. The second-order valence-corrected chi connectivity index (χ2v) is 4.24. The third-order valence-electron chi connectivity index (χ3n) is 3.04. The highest BCUT2D eigenvalue weighted by molar-refractivity contribution is 5.60. The zero-order valence-corrected chi connectivity index (χ0v) is 10.7. The van der Waals surface area contributed by atoms with Crippen LogP contribution in [0.4, 0.5) is 11.5 Å². The molecule has 1 aromatic heterocycles. The van der Waals surface area contributed by atoms with Crippen molar-refractivity contribution in [3.8, 4) is 0 Å². The SMILES string of the molecule is CCC(CO)(CO)Nc1c([N+](=O)[O-])c(C)nn1C. The number of hydrogen-bond acceptors (Lipinski definition) is 6. The molecule has 0 bridgehead atoms. The van der Waals surface area contributed by atoms with E-state index in [4.69, 9.17) is 0 Å². The minimum atomic E-state index is -0.995. The molecule has 18 heavy (non-hydrogen) atoms. The molecule has 0 saturated heterocycles. The van der Waals surface area contributed by atoms with Crippen LogP contribution < -0.4 is 5.32 Å². The van der Waals surface area contributed by atoms with Crippen molar-refractivity contribution < 1.29 is 15.1 Å². The van der Waals surface area contributed by atoms with E-state index in [0.717, 1.165) is 0 Å². The second-order valence-electron chi connectivity index (χ2n) is 4.24. The average Bonchev–Trinajstić information content (AvgIpc) is 2.61. The van der Waals surface area contributed by atoms with Crippen molar-refractivity contribution in [2.75, 3.05) is 18.5 Å². The molecule has 1 heterocycles. The molecule has 0 atom stereocenters. The lowest BCUT2D eigenvalue weighted by atomic mass is 9.98. The summed E-state index contributed by atoms with van der Waals surface area (Å²) in [5.74, 6) is 0.183. The van der Waals surface area contributed by atoms with Crippen LogP contribution in [0.25, 0.3) is 0 Å². The maximum atomic E-state index is 11.0. The smallest absolute Gasteiger partial charge is 0.333 e. The van der Waals surface area contributed by atoms with Crippen LogP contribution in [0.3, 0.4) is 0 Å². The van der Waals surface area contributed by atoms with Gasteiger partial charge in [0.25, 0.3) is 0 Å². The Labute approximate surface area is 104 Å². The quantitative estimate of drug-likeness (QED) is 0.495. The van der Waals surface area contributed by atoms with E-state index in [1.54, 1.807) is 14.0 Å². The van der Waals surface area contributed by atoms with Gasteiger partial charge < -0.3 is 15.5 Å². The van der Waals surface area contributed by atoms with Crippen LogP contribution in [0, 0.1) is 17.0 Å². The van der Waals surface area contributed by atoms with Gasteiger partial charge in [0.15, 0.2) is 0 Å². The molecule has 102 valence electrons. The Bertz CT molecular complexity index is 431. The van der Waals surface area contributed by atoms with E-state index in [1.807, 2.05) is 0 Å². The van der Waals surface area contributed by atoms with Crippen molar-refractivity contribution in [3.05, 3.63) is 15.8 Å². The van der Waals surface area contributed by atoms with E-state index in [-0.39, 0.29) is 30.4 Å². The Kier molecular flexibility index (Phi) is 4.25. The summed E-state index contributed by atoms with van der Waals surface area (Å²) < 4.78 is 1.34. The van der Waals surface area contributed by atoms with Crippen LogP contribution in [0.2, 0.25) is 0 Å². The number of aliphatic hydroxyl groups is 2. The van der Waals surface area contributed by atoms with Gasteiger partial charge in [-0.3, -0.25) is 10.1 Å². The first-order valence-corrected chi connectivity index (χ1v) is 5.58. The van der Waals surface area contributed by atoms with Gasteiger partial charge in [0.2, 0.25) is 5.82 Å². The molecule has 1 rings (SSSR count). The molecule has 0 unspecified atom stereocenters. The van der Waals surface area contributed by atoms with E-state index >= 15 is 0 Å². The second kappa shape index (κ2) is 5.32. The topological polar surface area (TPSA) is 113 Å². The number of aliphatic hydroxyl groups excluding tert-OH is 2. The minimum Gasteiger partial charge on any atom is -0.394 e. The number of nitro groups is 1. The molecular weight excluding hydrogens is 240 g/mol. The fourth-order valence-corrected chi connectivity index (χ4v) is 1.70. The van der Waals surface area contributed by atoms with Crippen molar-refractivity contribution in [1.82, 2.24) is 9.78 Å². The van der Waals surface area contributed by atoms with Gasteiger partial charge in [-0.25, -0.2) is 4.68 Å². The highest BCUT2D eigenvalue weighted by atomic mass is 16.6. The third kappa shape index (κ3) is 2.44. The molecule has 0 radical (unpaired) electrons. The molecule has 0 amide bonds. The highest BCUT2D eigenvalue weighted by Gasteiger charge is 2.33. The standard InChI is InChI=1S/C10H18N4O4/c1-4-10(5-15,6-16)11-9-8(14(17)18)7(2)12-13(9)3/h11,15-16H,4-6H2,1-3H3. The van der Waals surface area contributed by atoms with Gasteiger partial charge in [-0.05, 0) is 13.3 Å². The summed E-state index contributed by atoms with van der Waals surface area (Å²) in [5.41, 5.74) is -0.853. The monoisotopic (exact) mass is 258 g/mol. The predicted octanol–water partition coefficient (Wildman–Crippen LogP) is 0.182. The Morgan fingerprint density at radius 1 is 1.50 bits per heavy atom. The first kappa shape index (κ1) is 14.4. The molecular formula is C10H18N4O4. The van der Waals surface area contributed by atoms with E-state index in [1.165, 1.54) is 11.6 Å². The predicted molar refractivity (Wildman–Crippen MR) is 65.4 cm³/mol. The third-order valence-corrected chi connectivity index (χ3v) is 3.04. The summed E-state index contributed by atoms with van der Waals surface area (Å²) in [7, 11) is 1.57. The summed E-state index contributed by atoms with van der Waals surface area (Å²) in [6, 6.07) is 0. The van der Waals surface area contributed by atoms with Crippen molar-refractivity contribution in [3.63, 3.8) is 0 Å². The number of anilines is 1. The number of nitrogens with zero attached hydrogens (tertiary/aromatic N) is 3. The normalized spacial score (nSPS) is 11.6. The molecule has 8 heteroatoms. The van der Waals surface area contributed by atoms with Gasteiger partial charge in [-0.1, -0.05) is 6.92 Å². The van der Waals surface area contributed by atoms with Crippen LogP contribution in [-0.2, 0) is 7.05 Å². The number of aromatic nitrogens is 2. The van der Waals surface area contributed by atoms with Gasteiger partial charge in [0.1, 0.15) is 5.69 Å². The molecule has 1 aromatic rings. The van der Waals surface area contributed by atoms with E-state index < -0.39 is 10.5 Å². The first-order chi connectivity index (χ1) is 8.40. The van der Waals surface area contributed by atoms with Crippen molar-refractivity contribution in [2.45, 2.75) is 25.8 Å². The fourth-order valence-electron chi connectivity index (χ4n) is 1.70. The van der Waals surface area contributed by atoms with Crippen LogP contribution in [-0.4, -0.2) is 43.7 Å². The van der Waals surface area contributed by atoms with Gasteiger partial charge in [0, 0.05) is 7.05 Å². The maximum Gasteiger partial charge on any atom is 0.333 e. The summed E-state index contributed by atoms with van der Waals surface area (Å²) in [4.78, 5) is 10.5. The molecule has 0 saturated carbocycles. The van der Waals surface area contributed by atoms with Gasteiger partial charge in [-0.15, -0.1) is 0 Å². The molecule has 0 aromatic carbocycles. The van der Waals surface area contributed by atoms with Crippen LogP contribution in [0.15, 0.2) is 0 Å². The summed E-state index contributed by atoms with van der Waals surface area (Å²) >= 11 is 0. The van der Waals surface area contributed by atoms with Gasteiger partial charge in [-0.2, -0.15) is 5.10 Å². The highest BCUT2D eigenvalue weighted by Crippen LogP contribution is 2.30. The van der Waals surface area contributed by atoms with Gasteiger partial charge in [0.05, 0.1) is 23.7 Å². The molecule has 3 N–H and O–H groups in total. The largest absolute Gasteiger partial charge is 0.394 e. The molecule has 0 fully saturated rings. The lowest BCUT2D eigenvalue weighted by molar-refractivity contribution is -0.384. The molecule has 0 aliphatic rings. The van der Waals surface area contributed by atoms with Crippen LogP contribution >= 0.6 is 0 Å². The first-order valence-electron chi connectivity index (χ1n) is 5.58. The molecule has 8 nitrogen and oxygen atoms in total. The lowest BCUT2D eigenvalue weighted by Gasteiger charge is -2.30. The fraction of sp³-hybridized carbons (Fsp3) is 0.700. The van der Waals surface area contributed by atoms with E-state index in [9.17, 15) is 20.3 Å². The zero-order chi connectivity index (χ0) is 13.9. The maximum absolute atomic E-state index is 11.0. The van der Waals surface area contributed by atoms with E-state index in [2.05, 4.69) is 10.4 Å². The van der Waals surface area contributed by atoms with Gasteiger partial charge >= 0.3 is 5.69 Å². The van der Waals surface area contributed by atoms with Crippen molar-refractivity contribution >= 4 is 11.5 Å². The van der Waals surface area contributed by atoms with Crippen LogP contribution in [0.5, 0.6) is 0 Å². The molecule has 0 aliphatic carbocycles. The summed E-state index contributed by atoms with van der Waals surface area (Å²) in [6.45, 7) is 2.64. The average molecular weight is 258 g/mol. The number of hydrogen-bond donors (Lipinski definition) is 3. The Morgan fingerprint density at radius 3 is 2.44 bits per heavy atom. The molecule has 0 aliphatic heterocycles. The zero-order valence-electron chi connectivity index (χ0n) is 10.7. The van der Waals surface area contributed by atoms with Crippen LogP contribution in [0.1, 0.15) is 19.0 Å². The van der Waals surface area contributed by atoms with Crippen molar-refractivity contribution in [2.24, 2.45) is 7.05 Å². The minimum absolute atomic E-state index is 0.141. The number of rotatable bonds is 6.